The second kappa shape index (κ2) is 10.3. The normalized spacial score (nSPS) is 11.5. The number of hydrogen-bond acceptors (Lipinski definition) is 6. The summed E-state index contributed by atoms with van der Waals surface area (Å²) in [7, 11) is 0. The van der Waals surface area contributed by atoms with Crippen molar-refractivity contribution in [2.45, 2.75) is 19.1 Å². The third-order valence-corrected chi connectivity index (χ3v) is 4.87. The van der Waals surface area contributed by atoms with Crippen molar-refractivity contribution >= 4 is 11.8 Å². The lowest BCUT2D eigenvalue weighted by atomic mass is 10.1. The summed E-state index contributed by atoms with van der Waals surface area (Å²) >= 11 is 0. The highest BCUT2D eigenvalue weighted by molar-refractivity contribution is 5.77. The summed E-state index contributed by atoms with van der Waals surface area (Å²) in [6, 6.07) is 19.7. The van der Waals surface area contributed by atoms with Crippen molar-refractivity contribution in [2.75, 3.05) is 5.32 Å². The molecule has 0 spiro atoms. The number of aromatic nitrogens is 3. The van der Waals surface area contributed by atoms with Gasteiger partial charge in [-0.25, -0.2) is 19.2 Å². The molecular formula is C25H21FN4O3. The van der Waals surface area contributed by atoms with E-state index < -0.39 is 12.0 Å². The molecule has 33 heavy (non-hydrogen) atoms. The fourth-order valence-corrected chi connectivity index (χ4v) is 3.22. The molecule has 0 saturated carbocycles. The Morgan fingerprint density at radius 2 is 1.85 bits per heavy atom. The molecule has 0 bridgehead atoms. The Morgan fingerprint density at radius 3 is 2.58 bits per heavy atom. The number of carboxylic acids is 1. The van der Waals surface area contributed by atoms with Gasteiger partial charge >= 0.3 is 5.97 Å². The Morgan fingerprint density at radius 1 is 1.00 bits per heavy atom. The largest absolute Gasteiger partial charge is 0.489 e. The van der Waals surface area contributed by atoms with E-state index in [0.717, 1.165) is 11.1 Å². The maximum absolute atomic E-state index is 13.3. The van der Waals surface area contributed by atoms with E-state index in [1.165, 1.54) is 18.5 Å². The van der Waals surface area contributed by atoms with Gasteiger partial charge in [0.05, 0.1) is 5.69 Å². The number of hydrogen-bond donors (Lipinski definition) is 2. The lowest BCUT2D eigenvalue weighted by Crippen LogP contribution is -2.32. The van der Waals surface area contributed by atoms with E-state index in [1.807, 2.05) is 18.2 Å². The van der Waals surface area contributed by atoms with Gasteiger partial charge in [0.15, 0.2) is 0 Å². The Hall–Kier alpha value is -4.33. The number of aliphatic carboxylic acids is 1. The van der Waals surface area contributed by atoms with Crippen LogP contribution in [0.4, 0.5) is 10.2 Å². The number of carbonyl (C=O) groups is 1. The summed E-state index contributed by atoms with van der Waals surface area (Å²) in [5, 5.41) is 12.5. The summed E-state index contributed by atoms with van der Waals surface area (Å²) in [5.74, 6) is -0.267. The number of pyridine rings is 1. The fraction of sp³-hybridized carbons (Fsp3) is 0.120. The molecule has 8 heteroatoms. The fourth-order valence-electron chi connectivity index (χ4n) is 3.22. The molecule has 0 aliphatic rings. The molecule has 4 rings (SSSR count). The van der Waals surface area contributed by atoms with Gasteiger partial charge in [0.25, 0.3) is 0 Å². The van der Waals surface area contributed by atoms with Crippen LogP contribution in [0, 0.1) is 5.82 Å². The highest BCUT2D eigenvalue weighted by Gasteiger charge is 2.19. The van der Waals surface area contributed by atoms with Gasteiger partial charge < -0.3 is 15.2 Å². The number of halogens is 1. The predicted molar refractivity (Wildman–Crippen MR) is 121 cm³/mol. The van der Waals surface area contributed by atoms with E-state index in [2.05, 4.69) is 20.3 Å². The number of rotatable bonds is 9. The summed E-state index contributed by atoms with van der Waals surface area (Å²) in [6.07, 6.45) is 3.22. The minimum Gasteiger partial charge on any atom is -0.489 e. The van der Waals surface area contributed by atoms with Gasteiger partial charge in [-0.15, -0.1) is 0 Å². The highest BCUT2D eigenvalue weighted by Crippen LogP contribution is 2.23. The first-order valence-corrected chi connectivity index (χ1v) is 10.3. The maximum Gasteiger partial charge on any atom is 0.326 e. The lowest BCUT2D eigenvalue weighted by Gasteiger charge is -2.15. The van der Waals surface area contributed by atoms with Crippen LogP contribution in [0.3, 0.4) is 0 Å². The van der Waals surface area contributed by atoms with Crippen molar-refractivity contribution in [3.05, 3.63) is 102 Å². The van der Waals surface area contributed by atoms with E-state index in [1.54, 1.807) is 48.7 Å². The van der Waals surface area contributed by atoms with Gasteiger partial charge in [0.2, 0.25) is 0 Å². The zero-order chi connectivity index (χ0) is 23.0. The molecule has 0 saturated heterocycles. The van der Waals surface area contributed by atoms with Gasteiger partial charge in [-0.3, -0.25) is 4.98 Å². The molecule has 2 aromatic heterocycles. The van der Waals surface area contributed by atoms with E-state index in [9.17, 15) is 14.3 Å². The maximum atomic E-state index is 13.3. The van der Waals surface area contributed by atoms with Crippen molar-refractivity contribution in [1.82, 2.24) is 15.0 Å². The molecule has 2 N–H and O–H groups in total. The molecule has 2 aromatic carbocycles. The van der Waals surface area contributed by atoms with E-state index >= 15 is 0 Å². The number of nitrogens with zero attached hydrogens (tertiary/aromatic N) is 3. The zero-order valence-electron chi connectivity index (χ0n) is 17.6. The molecule has 0 unspecified atom stereocenters. The molecule has 4 aromatic rings. The number of nitrogens with one attached hydrogen (secondary N) is 1. The third-order valence-electron chi connectivity index (χ3n) is 4.87. The topological polar surface area (TPSA) is 97.2 Å². The third kappa shape index (κ3) is 6.10. The molecular weight excluding hydrogens is 423 g/mol. The number of anilines is 1. The Kier molecular flexibility index (Phi) is 6.84. The first-order valence-electron chi connectivity index (χ1n) is 10.3. The van der Waals surface area contributed by atoms with Crippen molar-refractivity contribution < 1.29 is 19.0 Å². The predicted octanol–water partition coefficient (Wildman–Crippen LogP) is 4.36. The second-order valence-corrected chi connectivity index (χ2v) is 7.29. The molecule has 1 atom stereocenters. The van der Waals surface area contributed by atoms with Crippen molar-refractivity contribution in [2.24, 2.45) is 0 Å². The quantitative estimate of drug-likeness (QED) is 0.396. The number of carboxylic acid groups (broad SMARTS) is 1. The summed E-state index contributed by atoms with van der Waals surface area (Å²) in [6.45, 7) is 0.255. The van der Waals surface area contributed by atoms with Crippen molar-refractivity contribution in [1.29, 1.82) is 0 Å². The van der Waals surface area contributed by atoms with Crippen LogP contribution in [-0.4, -0.2) is 32.1 Å². The van der Waals surface area contributed by atoms with Gasteiger partial charge in [-0.1, -0.05) is 18.2 Å². The molecule has 2 heterocycles. The standard InChI is InChI=1S/C25H21FN4O3/c26-19-5-3-4-17(12-19)15-33-21-9-7-18(8-10-21)22-14-24(29-16-28-22)30-23(25(31)32)13-20-6-1-2-11-27-20/h1-12,14,16,23H,13,15H2,(H,31,32)(H,28,29,30)/t23-/m0/s1. The first kappa shape index (κ1) is 21.9. The number of ether oxygens (including phenoxy) is 1. The van der Waals surface area contributed by atoms with E-state index in [-0.39, 0.29) is 18.8 Å². The lowest BCUT2D eigenvalue weighted by molar-refractivity contribution is -0.137. The van der Waals surface area contributed by atoms with Crippen LogP contribution in [0.1, 0.15) is 11.3 Å². The summed E-state index contributed by atoms with van der Waals surface area (Å²) in [4.78, 5) is 24.3. The van der Waals surface area contributed by atoms with Gasteiger partial charge in [0.1, 0.15) is 36.4 Å². The number of benzene rings is 2. The minimum atomic E-state index is -0.999. The Bertz CT molecular complexity index is 1220. The Balaban J connectivity index is 1.42. The van der Waals surface area contributed by atoms with Gasteiger partial charge in [0, 0.05) is 29.9 Å². The summed E-state index contributed by atoms with van der Waals surface area (Å²) in [5.41, 5.74) is 2.85. The molecule has 0 aliphatic heterocycles. The van der Waals surface area contributed by atoms with Crippen molar-refractivity contribution in [3.8, 4) is 17.0 Å². The van der Waals surface area contributed by atoms with Crippen LogP contribution >= 0.6 is 0 Å². The smallest absolute Gasteiger partial charge is 0.326 e. The molecule has 0 radical (unpaired) electrons. The van der Waals surface area contributed by atoms with E-state index in [4.69, 9.17) is 4.74 Å². The van der Waals surface area contributed by atoms with Crippen LogP contribution in [0.5, 0.6) is 5.75 Å². The zero-order valence-corrected chi connectivity index (χ0v) is 17.6. The average Bonchev–Trinajstić information content (AvgIpc) is 2.83. The van der Waals surface area contributed by atoms with E-state index in [0.29, 0.717) is 23.0 Å². The minimum absolute atomic E-state index is 0.215. The molecule has 166 valence electrons. The van der Waals surface area contributed by atoms with Crippen LogP contribution in [0.2, 0.25) is 0 Å². The van der Waals surface area contributed by atoms with Crippen LogP contribution in [-0.2, 0) is 17.8 Å². The molecule has 0 fully saturated rings. The van der Waals surface area contributed by atoms with Crippen molar-refractivity contribution in [3.63, 3.8) is 0 Å². The monoisotopic (exact) mass is 444 g/mol. The van der Waals surface area contributed by atoms with Crippen LogP contribution < -0.4 is 10.1 Å². The van der Waals surface area contributed by atoms with Gasteiger partial charge in [-0.05, 0) is 54.1 Å². The van der Waals surface area contributed by atoms with Gasteiger partial charge in [-0.2, -0.15) is 0 Å². The Labute approximate surface area is 190 Å². The second-order valence-electron chi connectivity index (χ2n) is 7.29. The summed E-state index contributed by atoms with van der Waals surface area (Å²) < 4.78 is 19.0. The molecule has 0 aliphatic carbocycles. The molecule has 0 amide bonds. The van der Waals surface area contributed by atoms with Crippen LogP contribution in [0.15, 0.2) is 85.3 Å². The molecule has 7 nitrogen and oxygen atoms in total. The average molecular weight is 444 g/mol. The van der Waals surface area contributed by atoms with Crippen LogP contribution in [0.25, 0.3) is 11.3 Å². The first-order chi connectivity index (χ1) is 16.1. The highest BCUT2D eigenvalue weighted by atomic mass is 19.1. The SMILES string of the molecule is O=C(O)[C@H](Cc1ccccn1)Nc1cc(-c2ccc(OCc3cccc(F)c3)cc2)ncn1.